The fourth-order valence-corrected chi connectivity index (χ4v) is 2.72. The van der Waals surface area contributed by atoms with Gasteiger partial charge in [-0.05, 0) is 30.5 Å². The Kier molecular flexibility index (Phi) is 3.33. The highest BCUT2D eigenvalue weighted by Crippen LogP contribution is 2.41. The zero-order chi connectivity index (χ0) is 12.5. The first kappa shape index (κ1) is 12.1. The summed E-state index contributed by atoms with van der Waals surface area (Å²) >= 11 is 6.21. The van der Waals surface area contributed by atoms with Gasteiger partial charge < -0.3 is 19.9 Å². The van der Waals surface area contributed by atoms with Crippen LogP contribution in [0.25, 0.3) is 0 Å². The Morgan fingerprint density at radius 3 is 2.83 bits per heavy atom. The van der Waals surface area contributed by atoms with Gasteiger partial charge in [-0.3, -0.25) is 0 Å². The molecule has 1 saturated heterocycles. The molecule has 0 amide bonds. The minimum Gasteiger partial charge on any atom is -0.486 e. The van der Waals surface area contributed by atoms with Crippen molar-refractivity contribution < 1.29 is 14.2 Å². The van der Waals surface area contributed by atoms with Crippen LogP contribution < -0.4 is 15.2 Å². The predicted octanol–water partition coefficient (Wildman–Crippen LogP) is 2.29. The number of benzene rings is 1. The molecule has 1 fully saturated rings. The summed E-state index contributed by atoms with van der Waals surface area (Å²) in [5.74, 6) is 1.31. The molecule has 0 spiro atoms. The Morgan fingerprint density at radius 2 is 2.00 bits per heavy atom. The first-order valence-corrected chi connectivity index (χ1v) is 6.60. The molecule has 2 atom stereocenters. The Hall–Kier alpha value is -0.970. The second kappa shape index (κ2) is 4.96. The van der Waals surface area contributed by atoms with Gasteiger partial charge in [-0.15, -0.1) is 0 Å². The Balaban J connectivity index is 1.94. The lowest BCUT2D eigenvalue weighted by molar-refractivity contribution is -0.000110. The maximum Gasteiger partial charge on any atom is 0.179 e. The van der Waals surface area contributed by atoms with Gasteiger partial charge in [0, 0.05) is 12.6 Å². The molecule has 3 rings (SSSR count). The van der Waals surface area contributed by atoms with Gasteiger partial charge in [0.15, 0.2) is 11.5 Å². The van der Waals surface area contributed by atoms with Gasteiger partial charge in [-0.2, -0.15) is 0 Å². The highest BCUT2D eigenvalue weighted by molar-refractivity contribution is 6.32. The van der Waals surface area contributed by atoms with Crippen molar-refractivity contribution in [2.75, 3.05) is 19.8 Å². The van der Waals surface area contributed by atoms with Gasteiger partial charge in [-0.25, -0.2) is 0 Å². The summed E-state index contributed by atoms with van der Waals surface area (Å²) < 4.78 is 16.8. The van der Waals surface area contributed by atoms with Crippen molar-refractivity contribution >= 4 is 11.6 Å². The zero-order valence-electron chi connectivity index (χ0n) is 10.0. The van der Waals surface area contributed by atoms with Crippen LogP contribution in [0.5, 0.6) is 11.5 Å². The molecule has 0 bridgehead atoms. The van der Waals surface area contributed by atoms with Crippen LogP contribution in [-0.4, -0.2) is 25.9 Å². The van der Waals surface area contributed by atoms with E-state index in [1.165, 1.54) is 0 Å². The fraction of sp³-hybridized carbons (Fsp3) is 0.538. The van der Waals surface area contributed by atoms with Crippen molar-refractivity contribution in [3.05, 3.63) is 22.7 Å². The molecule has 0 aliphatic carbocycles. The highest BCUT2D eigenvalue weighted by Gasteiger charge is 2.27. The van der Waals surface area contributed by atoms with E-state index in [2.05, 4.69) is 0 Å². The minimum absolute atomic E-state index is 0.0115. The van der Waals surface area contributed by atoms with Crippen LogP contribution in [0.2, 0.25) is 5.02 Å². The molecule has 5 heteroatoms. The largest absolute Gasteiger partial charge is 0.486 e. The van der Waals surface area contributed by atoms with E-state index in [0.29, 0.717) is 29.7 Å². The first-order chi connectivity index (χ1) is 8.75. The van der Waals surface area contributed by atoms with Crippen LogP contribution in [0.15, 0.2) is 12.1 Å². The molecular formula is C13H16ClNO3. The summed E-state index contributed by atoms with van der Waals surface area (Å²) in [6.45, 7) is 1.82. The van der Waals surface area contributed by atoms with Gasteiger partial charge in [0.1, 0.15) is 13.2 Å². The fourth-order valence-electron chi connectivity index (χ4n) is 2.44. The van der Waals surface area contributed by atoms with E-state index < -0.39 is 0 Å². The summed E-state index contributed by atoms with van der Waals surface area (Å²) in [6, 6.07) is 3.80. The van der Waals surface area contributed by atoms with E-state index >= 15 is 0 Å². The first-order valence-electron chi connectivity index (χ1n) is 6.22. The van der Waals surface area contributed by atoms with Crippen molar-refractivity contribution in [2.45, 2.75) is 25.0 Å². The van der Waals surface area contributed by atoms with Crippen LogP contribution in [0.3, 0.4) is 0 Å². The molecule has 98 valence electrons. The lowest BCUT2D eigenvalue weighted by atomic mass is 9.96. The summed E-state index contributed by atoms with van der Waals surface area (Å²) in [7, 11) is 0. The quantitative estimate of drug-likeness (QED) is 0.850. The SMILES string of the molecule is NC1CCCOC1c1cc(Cl)c2c(c1)OCCO2. The van der Waals surface area contributed by atoms with Crippen LogP contribution in [0.1, 0.15) is 24.5 Å². The van der Waals surface area contributed by atoms with Gasteiger partial charge in [0.2, 0.25) is 0 Å². The predicted molar refractivity (Wildman–Crippen MR) is 68.3 cm³/mol. The third-order valence-electron chi connectivity index (χ3n) is 3.32. The van der Waals surface area contributed by atoms with Crippen LogP contribution >= 0.6 is 11.6 Å². The lowest BCUT2D eigenvalue weighted by Crippen LogP contribution is -2.34. The van der Waals surface area contributed by atoms with Crippen molar-refractivity contribution in [1.29, 1.82) is 0 Å². The molecule has 18 heavy (non-hydrogen) atoms. The van der Waals surface area contributed by atoms with Crippen LogP contribution in [-0.2, 0) is 4.74 Å². The number of hydrogen-bond acceptors (Lipinski definition) is 4. The Bertz CT molecular complexity index is 452. The third-order valence-corrected chi connectivity index (χ3v) is 3.60. The molecule has 0 radical (unpaired) electrons. The zero-order valence-corrected chi connectivity index (χ0v) is 10.8. The molecule has 2 heterocycles. The van der Waals surface area contributed by atoms with Crippen molar-refractivity contribution in [3.8, 4) is 11.5 Å². The molecule has 1 aromatic carbocycles. The summed E-state index contributed by atoms with van der Waals surface area (Å²) in [4.78, 5) is 0. The monoisotopic (exact) mass is 269 g/mol. The van der Waals surface area contributed by atoms with Crippen molar-refractivity contribution in [3.63, 3.8) is 0 Å². The van der Waals surface area contributed by atoms with Gasteiger partial charge in [-0.1, -0.05) is 11.6 Å². The number of halogens is 1. The van der Waals surface area contributed by atoms with Gasteiger partial charge in [0.25, 0.3) is 0 Å². The van der Waals surface area contributed by atoms with E-state index in [-0.39, 0.29) is 12.1 Å². The molecule has 2 N–H and O–H groups in total. The molecule has 2 aliphatic heterocycles. The number of nitrogens with two attached hydrogens (primary N) is 1. The van der Waals surface area contributed by atoms with Gasteiger partial charge >= 0.3 is 0 Å². The summed E-state index contributed by atoms with van der Waals surface area (Å²) in [6.07, 6.45) is 1.87. The molecule has 0 aromatic heterocycles. The molecular weight excluding hydrogens is 254 g/mol. The highest BCUT2D eigenvalue weighted by atomic mass is 35.5. The maximum absolute atomic E-state index is 6.21. The molecule has 2 unspecified atom stereocenters. The van der Waals surface area contributed by atoms with Crippen molar-refractivity contribution in [1.82, 2.24) is 0 Å². The second-order valence-electron chi connectivity index (χ2n) is 4.62. The summed E-state index contributed by atoms with van der Waals surface area (Å²) in [5.41, 5.74) is 7.07. The van der Waals surface area contributed by atoms with E-state index in [1.807, 2.05) is 12.1 Å². The lowest BCUT2D eigenvalue weighted by Gasteiger charge is -2.30. The second-order valence-corrected chi connectivity index (χ2v) is 5.03. The molecule has 2 aliphatic rings. The molecule has 4 nitrogen and oxygen atoms in total. The normalized spacial score (nSPS) is 27.0. The average Bonchev–Trinajstić information content (AvgIpc) is 2.39. The average molecular weight is 270 g/mol. The number of hydrogen-bond donors (Lipinski definition) is 1. The van der Waals surface area contributed by atoms with Gasteiger partial charge in [0.05, 0.1) is 11.1 Å². The van der Waals surface area contributed by atoms with E-state index in [0.717, 1.165) is 25.0 Å². The van der Waals surface area contributed by atoms with E-state index in [4.69, 9.17) is 31.5 Å². The Morgan fingerprint density at radius 1 is 1.17 bits per heavy atom. The number of fused-ring (bicyclic) bond motifs is 1. The topological polar surface area (TPSA) is 53.7 Å². The van der Waals surface area contributed by atoms with Crippen LogP contribution in [0, 0.1) is 0 Å². The van der Waals surface area contributed by atoms with Crippen molar-refractivity contribution in [2.24, 2.45) is 5.73 Å². The number of ether oxygens (including phenoxy) is 3. The molecule has 1 aromatic rings. The minimum atomic E-state index is -0.105. The third kappa shape index (κ3) is 2.16. The molecule has 0 saturated carbocycles. The van der Waals surface area contributed by atoms with E-state index in [9.17, 15) is 0 Å². The van der Waals surface area contributed by atoms with Crippen LogP contribution in [0.4, 0.5) is 0 Å². The smallest absolute Gasteiger partial charge is 0.179 e. The Labute approximate surface area is 111 Å². The van der Waals surface area contributed by atoms with E-state index in [1.54, 1.807) is 0 Å². The standard InChI is InChI=1S/C13H16ClNO3/c14-9-6-8(12-10(15)2-1-3-17-12)7-11-13(9)18-5-4-16-11/h6-7,10,12H,1-5,15H2. The summed E-state index contributed by atoms with van der Waals surface area (Å²) in [5, 5.41) is 0.559. The number of rotatable bonds is 1. The maximum atomic E-state index is 6.21.